The highest BCUT2D eigenvalue weighted by Gasteiger charge is 2.34. The van der Waals surface area contributed by atoms with Gasteiger partial charge in [-0.2, -0.15) is 0 Å². The maximum Gasteiger partial charge on any atom is 0.137 e. The molecule has 106 valence electrons. The lowest BCUT2D eigenvalue weighted by Crippen LogP contribution is -2.41. The molecule has 0 saturated heterocycles. The molecule has 18 heavy (non-hydrogen) atoms. The molecule has 0 aromatic heterocycles. The van der Waals surface area contributed by atoms with Crippen LogP contribution in [-0.4, -0.2) is 30.3 Å². The lowest BCUT2D eigenvalue weighted by atomic mass is 9.71. The summed E-state index contributed by atoms with van der Waals surface area (Å²) >= 11 is 0. The third-order valence-electron chi connectivity index (χ3n) is 4.38. The van der Waals surface area contributed by atoms with Crippen LogP contribution in [0, 0.1) is 17.3 Å². The Morgan fingerprint density at radius 2 is 1.94 bits per heavy atom. The number of nitrogens with zero attached hydrogens (tertiary/aromatic N) is 1. The average molecular weight is 253 g/mol. The van der Waals surface area contributed by atoms with Gasteiger partial charge in [-0.3, -0.25) is 4.79 Å². The van der Waals surface area contributed by atoms with Crippen molar-refractivity contribution in [2.45, 2.75) is 66.3 Å². The normalized spacial score (nSPS) is 25.8. The molecular weight excluding hydrogens is 222 g/mol. The monoisotopic (exact) mass is 253 g/mol. The fourth-order valence-corrected chi connectivity index (χ4v) is 3.10. The molecule has 1 aliphatic carbocycles. The number of Topliss-reactive ketones (excluding diaryl/α,β-unsaturated/α-hetero) is 1. The van der Waals surface area contributed by atoms with E-state index in [2.05, 4.69) is 46.6 Å². The summed E-state index contributed by atoms with van der Waals surface area (Å²) < 4.78 is 0. The average Bonchev–Trinajstić information content (AvgIpc) is 2.22. The molecule has 0 N–H and O–H groups in total. The van der Waals surface area contributed by atoms with E-state index in [1.54, 1.807) is 0 Å². The second-order valence-corrected chi connectivity index (χ2v) is 7.45. The quantitative estimate of drug-likeness (QED) is 0.744. The molecule has 1 saturated carbocycles. The smallest absolute Gasteiger partial charge is 0.137 e. The molecule has 1 rings (SSSR count). The molecule has 0 amide bonds. The van der Waals surface area contributed by atoms with Crippen molar-refractivity contribution in [1.29, 1.82) is 0 Å². The summed E-state index contributed by atoms with van der Waals surface area (Å²) in [6, 6.07) is 0.572. The first kappa shape index (κ1) is 15.7. The van der Waals surface area contributed by atoms with E-state index < -0.39 is 0 Å². The van der Waals surface area contributed by atoms with Crippen LogP contribution in [0.5, 0.6) is 0 Å². The van der Waals surface area contributed by atoms with Crippen LogP contribution in [0.15, 0.2) is 0 Å². The zero-order chi connectivity index (χ0) is 13.9. The maximum atomic E-state index is 12.0. The Bertz CT molecular complexity index is 283. The first-order valence-electron chi connectivity index (χ1n) is 7.44. The van der Waals surface area contributed by atoms with Crippen molar-refractivity contribution in [2.24, 2.45) is 17.3 Å². The minimum Gasteiger partial charge on any atom is -0.303 e. The van der Waals surface area contributed by atoms with Crippen molar-refractivity contribution in [3.63, 3.8) is 0 Å². The van der Waals surface area contributed by atoms with Gasteiger partial charge >= 0.3 is 0 Å². The molecule has 2 unspecified atom stereocenters. The summed E-state index contributed by atoms with van der Waals surface area (Å²) in [5, 5.41) is 0. The lowest BCUT2D eigenvalue weighted by molar-refractivity contribution is -0.127. The summed E-state index contributed by atoms with van der Waals surface area (Å²) in [6.45, 7) is 12.3. The Morgan fingerprint density at radius 1 is 1.33 bits per heavy atom. The van der Waals surface area contributed by atoms with E-state index in [-0.39, 0.29) is 5.92 Å². The van der Waals surface area contributed by atoms with E-state index in [9.17, 15) is 4.79 Å². The Hall–Kier alpha value is -0.370. The van der Waals surface area contributed by atoms with E-state index in [1.807, 2.05) is 0 Å². The van der Waals surface area contributed by atoms with Crippen molar-refractivity contribution in [3.05, 3.63) is 0 Å². The van der Waals surface area contributed by atoms with Gasteiger partial charge in [-0.15, -0.1) is 0 Å². The molecular formula is C16H31NO. The number of carbonyl (C=O) groups is 1. The SMILES string of the molecule is CC(C)CC(C)N(C)CC1CC(C)(C)CCC1=O. The van der Waals surface area contributed by atoms with Crippen LogP contribution in [0.4, 0.5) is 0 Å². The van der Waals surface area contributed by atoms with Crippen molar-refractivity contribution in [2.75, 3.05) is 13.6 Å². The zero-order valence-corrected chi connectivity index (χ0v) is 13.1. The zero-order valence-electron chi connectivity index (χ0n) is 13.1. The van der Waals surface area contributed by atoms with E-state index in [1.165, 1.54) is 6.42 Å². The fourth-order valence-electron chi connectivity index (χ4n) is 3.10. The number of hydrogen-bond acceptors (Lipinski definition) is 2. The minimum atomic E-state index is 0.258. The van der Waals surface area contributed by atoms with Crippen molar-refractivity contribution >= 4 is 5.78 Å². The highest BCUT2D eigenvalue weighted by atomic mass is 16.1. The summed E-state index contributed by atoms with van der Waals surface area (Å²) in [7, 11) is 2.17. The summed E-state index contributed by atoms with van der Waals surface area (Å²) in [5.41, 5.74) is 0.348. The Morgan fingerprint density at radius 3 is 2.50 bits per heavy atom. The molecule has 0 radical (unpaired) electrons. The molecule has 0 spiro atoms. The molecule has 0 bridgehead atoms. The molecule has 0 heterocycles. The van der Waals surface area contributed by atoms with Gasteiger partial charge in [0.1, 0.15) is 5.78 Å². The third-order valence-corrected chi connectivity index (χ3v) is 4.38. The van der Waals surface area contributed by atoms with Gasteiger partial charge in [-0.05, 0) is 44.6 Å². The molecule has 0 aromatic carbocycles. The van der Waals surface area contributed by atoms with Crippen LogP contribution in [0.1, 0.15) is 60.3 Å². The van der Waals surface area contributed by atoms with Gasteiger partial charge in [-0.25, -0.2) is 0 Å². The molecule has 0 aliphatic heterocycles. The van der Waals surface area contributed by atoms with Gasteiger partial charge in [-0.1, -0.05) is 27.7 Å². The second-order valence-electron chi connectivity index (χ2n) is 7.45. The maximum absolute atomic E-state index is 12.0. The lowest BCUT2D eigenvalue weighted by Gasteiger charge is -2.37. The number of ketones is 1. The molecule has 2 heteroatoms. The molecule has 1 aliphatic rings. The third kappa shape index (κ3) is 4.72. The topological polar surface area (TPSA) is 20.3 Å². The largest absolute Gasteiger partial charge is 0.303 e. The van der Waals surface area contributed by atoms with Gasteiger partial charge in [0.2, 0.25) is 0 Å². The van der Waals surface area contributed by atoms with E-state index in [0.717, 1.165) is 31.7 Å². The predicted octanol–water partition coefficient (Wildman–Crippen LogP) is 3.75. The van der Waals surface area contributed by atoms with Gasteiger partial charge < -0.3 is 4.90 Å². The highest BCUT2D eigenvalue weighted by molar-refractivity contribution is 5.82. The predicted molar refractivity (Wildman–Crippen MR) is 77.7 cm³/mol. The summed E-state index contributed by atoms with van der Waals surface area (Å²) in [6.07, 6.45) is 4.11. The van der Waals surface area contributed by atoms with Crippen molar-refractivity contribution < 1.29 is 4.79 Å². The second kappa shape index (κ2) is 6.18. The van der Waals surface area contributed by atoms with Crippen LogP contribution < -0.4 is 0 Å². The first-order valence-corrected chi connectivity index (χ1v) is 7.44. The van der Waals surface area contributed by atoms with E-state index in [0.29, 0.717) is 17.2 Å². The first-order chi connectivity index (χ1) is 8.21. The van der Waals surface area contributed by atoms with Crippen LogP contribution in [0.25, 0.3) is 0 Å². The molecule has 2 atom stereocenters. The molecule has 2 nitrogen and oxygen atoms in total. The molecule has 0 aromatic rings. The fraction of sp³-hybridized carbons (Fsp3) is 0.938. The number of carbonyl (C=O) groups excluding carboxylic acids is 1. The molecule has 1 fully saturated rings. The van der Waals surface area contributed by atoms with Crippen LogP contribution in [0.2, 0.25) is 0 Å². The Balaban J connectivity index is 2.52. The highest BCUT2D eigenvalue weighted by Crippen LogP contribution is 2.37. The van der Waals surface area contributed by atoms with E-state index >= 15 is 0 Å². The summed E-state index contributed by atoms with van der Waals surface area (Å²) in [4.78, 5) is 14.4. The van der Waals surface area contributed by atoms with Gasteiger partial charge in [0, 0.05) is 24.9 Å². The standard InChI is InChI=1S/C16H31NO/c1-12(2)9-13(3)17(6)11-14-10-16(4,5)8-7-15(14)18/h12-14H,7-11H2,1-6H3. The van der Waals surface area contributed by atoms with Crippen molar-refractivity contribution in [3.8, 4) is 0 Å². The summed E-state index contributed by atoms with van der Waals surface area (Å²) in [5.74, 6) is 1.47. The van der Waals surface area contributed by atoms with E-state index in [4.69, 9.17) is 0 Å². The van der Waals surface area contributed by atoms with Gasteiger partial charge in [0.05, 0.1) is 0 Å². The van der Waals surface area contributed by atoms with Gasteiger partial charge in [0.25, 0.3) is 0 Å². The Labute approximate surface area is 113 Å². The van der Waals surface area contributed by atoms with Crippen LogP contribution >= 0.6 is 0 Å². The van der Waals surface area contributed by atoms with Crippen LogP contribution in [0.3, 0.4) is 0 Å². The Kier molecular flexibility index (Phi) is 5.39. The minimum absolute atomic E-state index is 0.258. The number of rotatable bonds is 5. The van der Waals surface area contributed by atoms with Crippen LogP contribution in [-0.2, 0) is 4.79 Å². The number of hydrogen-bond donors (Lipinski definition) is 0. The van der Waals surface area contributed by atoms with Crippen molar-refractivity contribution in [1.82, 2.24) is 4.90 Å². The van der Waals surface area contributed by atoms with Gasteiger partial charge in [0.15, 0.2) is 0 Å².